The van der Waals surface area contributed by atoms with Crippen LogP contribution in [-0.2, 0) is 4.79 Å². The number of fused-ring (bicyclic) bond motifs is 1. The zero-order chi connectivity index (χ0) is 14.1. The molecule has 0 bridgehead atoms. The first-order valence-electron chi connectivity index (χ1n) is 6.79. The van der Waals surface area contributed by atoms with Crippen molar-refractivity contribution >= 4 is 38.6 Å². The van der Waals surface area contributed by atoms with Crippen molar-refractivity contribution in [3.63, 3.8) is 0 Å². The summed E-state index contributed by atoms with van der Waals surface area (Å²) in [6.45, 7) is 0.617. The molecule has 2 heterocycles. The molecule has 1 fully saturated rings. The summed E-state index contributed by atoms with van der Waals surface area (Å²) in [5, 5.41) is 13.4. The number of hydrogen-bond acceptors (Lipinski definition) is 2. The number of hydrogen-bond donors (Lipinski definition) is 0. The Labute approximate surface area is 125 Å². The number of rotatable bonds is 1. The number of amides is 1. The van der Waals surface area contributed by atoms with Crippen LogP contribution in [0.3, 0.4) is 0 Å². The molecule has 4 nitrogen and oxygen atoms in total. The smallest absolute Gasteiger partial charge is 0.309 e. The predicted octanol–water partition coefficient (Wildman–Crippen LogP) is 3.14. The first kappa shape index (κ1) is 13.4. The molecular weight excluding hydrogens is 320 g/mol. The molecular formula is C15H15BrN2O2. The Morgan fingerprint density at radius 1 is 1.20 bits per heavy atom. The maximum atomic E-state index is 12.5. The van der Waals surface area contributed by atoms with Crippen molar-refractivity contribution < 1.29 is 9.52 Å². The molecule has 1 aliphatic rings. The number of halogens is 1. The summed E-state index contributed by atoms with van der Waals surface area (Å²) in [7, 11) is 0. The highest BCUT2D eigenvalue weighted by atomic mass is 79.9. The number of benzene rings is 1. The molecule has 0 aliphatic carbocycles. The average molecular weight is 335 g/mol. The van der Waals surface area contributed by atoms with Gasteiger partial charge in [0.05, 0.1) is 6.54 Å². The summed E-state index contributed by atoms with van der Waals surface area (Å²) >= 11 is 3.50. The summed E-state index contributed by atoms with van der Waals surface area (Å²) in [4.78, 5) is 13.8. The van der Waals surface area contributed by atoms with Gasteiger partial charge < -0.3 is 5.21 Å². The second-order valence-electron chi connectivity index (χ2n) is 5.02. The fraction of sp³-hybridized carbons (Fsp3) is 0.333. The number of carbonyl (C=O) groups excluding carboxylic acids is 1. The number of aromatic nitrogens is 1. The molecule has 1 aromatic heterocycles. The maximum Gasteiger partial charge on any atom is 0.309 e. The first-order valence-corrected chi connectivity index (χ1v) is 7.59. The average Bonchev–Trinajstić information content (AvgIpc) is 2.68. The van der Waals surface area contributed by atoms with Gasteiger partial charge in [-0.1, -0.05) is 12.1 Å². The SMILES string of the molecule is O=C1CCCCCN1c1cc(Br)c2ccccc2[n+]1[O-]. The monoisotopic (exact) mass is 334 g/mol. The molecule has 0 N–H and O–H groups in total. The molecule has 104 valence electrons. The van der Waals surface area contributed by atoms with E-state index in [0.29, 0.717) is 24.3 Å². The highest BCUT2D eigenvalue weighted by Gasteiger charge is 2.28. The van der Waals surface area contributed by atoms with Gasteiger partial charge >= 0.3 is 5.91 Å². The quantitative estimate of drug-likeness (QED) is 0.594. The van der Waals surface area contributed by atoms with E-state index in [0.717, 1.165) is 33.9 Å². The van der Waals surface area contributed by atoms with Crippen LogP contribution in [0.2, 0.25) is 0 Å². The molecule has 0 spiro atoms. The molecule has 5 heteroatoms. The highest BCUT2D eigenvalue weighted by Crippen LogP contribution is 2.27. The van der Waals surface area contributed by atoms with Crippen LogP contribution in [0.15, 0.2) is 34.8 Å². The Kier molecular flexibility index (Phi) is 3.61. The summed E-state index contributed by atoms with van der Waals surface area (Å²) in [5.41, 5.74) is 0.578. The molecule has 2 aromatic rings. The largest absolute Gasteiger partial charge is 0.710 e. The van der Waals surface area contributed by atoms with Gasteiger partial charge in [-0.3, -0.25) is 0 Å². The Morgan fingerprint density at radius 3 is 2.85 bits per heavy atom. The van der Waals surface area contributed by atoms with Crippen molar-refractivity contribution in [3.05, 3.63) is 40.0 Å². The summed E-state index contributed by atoms with van der Waals surface area (Å²) in [6, 6.07) is 9.14. The third-order valence-electron chi connectivity index (χ3n) is 3.69. The zero-order valence-electron chi connectivity index (χ0n) is 11.0. The van der Waals surface area contributed by atoms with Gasteiger partial charge in [0, 0.05) is 22.3 Å². The van der Waals surface area contributed by atoms with E-state index in [9.17, 15) is 10.0 Å². The van der Waals surface area contributed by atoms with Crippen LogP contribution in [0, 0.1) is 5.21 Å². The molecule has 0 saturated carbocycles. The van der Waals surface area contributed by atoms with Crippen molar-refractivity contribution in [1.82, 2.24) is 0 Å². The van der Waals surface area contributed by atoms with Crippen LogP contribution in [0.25, 0.3) is 10.9 Å². The third kappa shape index (κ3) is 2.26. The summed E-state index contributed by atoms with van der Waals surface area (Å²) in [6.07, 6.45) is 3.40. The Morgan fingerprint density at radius 2 is 2.00 bits per heavy atom. The van der Waals surface area contributed by atoms with Gasteiger partial charge in [0.2, 0.25) is 0 Å². The zero-order valence-corrected chi connectivity index (χ0v) is 12.6. The van der Waals surface area contributed by atoms with E-state index in [2.05, 4.69) is 15.9 Å². The van der Waals surface area contributed by atoms with E-state index in [-0.39, 0.29) is 5.91 Å². The van der Waals surface area contributed by atoms with Crippen molar-refractivity contribution in [2.45, 2.75) is 25.7 Å². The number of nitrogens with zero attached hydrogens (tertiary/aromatic N) is 2. The number of anilines is 1. The second-order valence-corrected chi connectivity index (χ2v) is 5.87. The lowest BCUT2D eigenvalue weighted by Crippen LogP contribution is -2.42. The van der Waals surface area contributed by atoms with Crippen LogP contribution in [0.4, 0.5) is 5.82 Å². The number of pyridine rings is 1. The van der Waals surface area contributed by atoms with Crippen LogP contribution < -0.4 is 9.63 Å². The van der Waals surface area contributed by atoms with Crippen LogP contribution in [-0.4, -0.2) is 12.5 Å². The molecule has 20 heavy (non-hydrogen) atoms. The molecule has 0 radical (unpaired) electrons. The van der Waals surface area contributed by atoms with Crippen LogP contribution in [0.1, 0.15) is 25.7 Å². The Bertz CT molecular complexity index is 672. The minimum absolute atomic E-state index is 0.0364. The minimum Gasteiger partial charge on any atom is -0.710 e. The van der Waals surface area contributed by atoms with Crippen molar-refractivity contribution in [2.24, 2.45) is 0 Å². The molecule has 1 saturated heterocycles. The third-order valence-corrected chi connectivity index (χ3v) is 4.35. The van der Waals surface area contributed by atoms with Gasteiger partial charge in [0.15, 0.2) is 0 Å². The first-order chi connectivity index (χ1) is 9.68. The standard InChI is InChI=1S/C15H15BrN2O2/c16-12-10-14(17-9-5-1-2-8-15(17)19)18(20)13-7-4-3-6-11(12)13/h3-4,6-7,10H,1-2,5,8-9H2. The van der Waals surface area contributed by atoms with E-state index in [1.54, 1.807) is 17.0 Å². The van der Waals surface area contributed by atoms with Gasteiger partial charge in [0.1, 0.15) is 5.52 Å². The van der Waals surface area contributed by atoms with E-state index in [4.69, 9.17) is 0 Å². The topological polar surface area (TPSA) is 47.2 Å². The molecule has 1 aliphatic heterocycles. The fourth-order valence-electron chi connectivity index (χ4n) is 2.64. The fourth-order valence-corrected chi connectivity index (χ4v) is 3.18. The number of carbonyl (C=O) groups is 1. The van der Waals surface area contributed by atoms with Gasteiger partial charge in [-0.05, 0) is 47.3 Å². The Balaban J connectivity index is 2.16. The molecule has 0 atom stereocenters. The minimum atomic E-state index is 0.0364. The predicted molar refractivity (Wildman–Crippen MR) is 81.4 cm³/mol. The molecule has 0 unspecified atom stereocenters. The van der Waals surface area contributed by atoms with E-state index in [1.807, 2.05) is 18.2 Å². The summed E-state index contributed by atoms with van der Waals surface area (Å²) < 4.78 is 1.70. The lowest BCUT2D eigenvalue weighted by atomic mass is 10.2. The van der Waals surface area contributed by atoms with Crippen molar-refractivity contribution in [2.75, 3.05) is 11.4 Å². The number of para-hydroxylation sites is 1. The van der Waals surface area contributed by atoms with Crippen LogP contribution >= 0.6 is 15.9 Å². The summed E-state index contributed by atoms with van der Waals surface area (Å²) in [5.74, 6) is 0.455. The highest BCUT2D eigenvalue weighted by molar-refractivity contribution is 9.10. The van der Waals surface area contributed by atoms with Crippen molar-refractivity contribution in [3.8, 4) is 0 Å². The molecule has 3 rings (SSSR count). The van der Waals surface area contributed by atoms with Gasteiger partial charge in [-0.2, -0.15) is 4.90 Å². The van der Waals surface area contributed by atoms with Gasteiger partial charge in [-0.25, -0.2) is 9.52 Å². The Hall–Kier alpha value is -1.62. The van der Waals surface area contributed by atoms with Gasteiger partial charge in [0.25, 0.3) is 5.82 Å². The van der Waals surface area contributed by atoms with E-state index >= 15 is 0 Å². The maximum absolute atomic E-state index is 12.5. The van der Waals surface area contributed by atoms with E-state index < -0.39 is 0 Å². The normalized spacial score (nSPS) is 16.4. The van der Waals surface area contributed by atoms with Crippen LogP contribution in [0.5, 0.6) is 0 Å². The second kappa shape index (κ2) is 5.40. The molecule has 1 amide bonds. The van der Waals surface area contributed by atoms with Crippen molar-refractivity contribution in [1.29, 1.82) is 0 Å². The molecule has 1 aromatic carbocycles. The lowest BCUT2D eigenvalue weighted by Gasteiger charge is -2.19. The lowest BCUT2D eigenvalue weighted by molar-refractivity contribution is -0.563. The van der Waals surface area contributed by atoms with E-state index in [1.165, 1.54) is 0 Å². The van der Waals surface area contributed by atoms with Gasteiger partial charge in [-0.15, -0.1) is 0 Å².